The topological polar surface area (TPSA) is 171 Å². The van der Waals surface area contributed by atoms with Gasteiger partial charge in [0.05, 0.1) is 30.3 Å². The molecule has 0 bridgehead atoms. The normalized spacial score (nSPS) is 15.5. The van der Waals surface area contributed by atoms with Gasteiger partial charge in [0.25, 0.3) is 5.91 Å². The molecule has 2 amide bonds. The summed E-state index contributed by atoms with van der Waals surface area (Å²) in [7, 11) is -3.45. The first-order valence-corrected chi connectivity index (χ1v) is 14.8. The predicted octanol–water partition coefficient (Wildman–Crippen LogP) is 1.93. The largest absolute Gasteiger partial charge is 0.491 e. The summed E-state index contributed by atoms with van der Waals surface area (Å²) < 4.78 is 92.3. The number of Topliss-reactive ketones (excluding diaryl/α,β-unsaturated/α-hetero) is 1. The average Bonchev–Trinajstić information content (AvgIpc) is 3.58. The zero-order chi connectivity index (χ0) is 35.6. The van der Waals surface area contributed by atoms with Crippen molar-refractivity contribution in [3.63, 3.8) is 0 Å². The molecule has 2 aromatic carbocycles. The van der Waals surface area contributed by atoms with E-state index in [0.29, 0.717) is 31.4 Å². The molecule has 0 fully saturated rings. The van der Waals surface area contributed by atoms with Gasteiger partial charge < -0.3 is 35.1 Å². The molecular formula is C29H30B2F6N2O9. The molecule has 0 saturated carbocycles. The Balaban J connectivity index is 1.54. The van der Waals surface area contributed by atoms with Crippen molar-refractivity contribution in [2.75, 3.05) is 6.54 Å². The lowest BCUT2D eigenvalue weighted by atomic mass is 9.76. The van der Waals surface area contributed by atoms with E-state index in [1.165, 1.54) is 6.92 Å². The molecular weight excluding hydrogens is 656 g/mol. The number of fused-ring (bicyclic) bond motifs is 2. The molecule has 11 nitrogen and oxygen atoms in total. The van der Waals surface area contributed by atoms with E-state index in [1.807, 2.05) is 0 Å². The number of halogens is 6. The Morgan fingerprint density at radius 1 is 0.833 bits per heavy atom. The van der Waals surface area contributed by atoms with Gasteiger partial charge >= 0.3 is 32.6 Å². The number of amides is 2. The molecule has 2 atom stereocenters. The van der Waals surface area contributed by atoms with Crippen molar-refractivity contribution in [3.05, 3.63) is 57.6 Å². The van der Waals surface area contributed by atoms with Gasteiger partial charge in [-0.15, -0.1) is 0 Å². The molecule has 0 aliphatic carbocycles. The van der Waals surface area contributed by atoms with Crippen LogP contribution in [0, 0.1) is 5.92 Å². The van der Waals surface area contributed by atoms with Crippen LogP contribution in [0.4, 0.5) is 26.3 Å². The number of aliphatic carboxylic acids is 1. The molecule has 0 aromatic heterocycles. The van der Waals surface area contributed by atoms with E-state index < -0.39 is 110 Å². The van der Waals surface area contributed by atoms with Crippen LogP contribution in [0.3, 0.4) is 0 Å². The van der Waals surface area contributed by atoms with Crippen molar-refractivity contribution in [3.8, 4) is 0 Å². The minimum Gasteiger partial charge on any atom is -0.481 e. The number of nitrogens with one attached hydrogen (secondary N) is 2. The minimum absolute atomic E-state index is 0.00371. The Labute approximate surface area is 270 Å². The fourth-order valence-electron chi connectivity index (χ4n) is 5.42. The zero-order valence-electron chi connectivity index (χ0n) is 25.3. The lowest BCUT2D eigenvalue weighted by Gasteiger charge is -2.20. The molecule has 19 heteroatoms. The smallest absolute Gasteiger partial charge is 0.481 e. The molecule has 0 radical (unpaired) electrons. The maximum absolute atomic E-state index is 13.8. The number of alkyl halides is 6. The third-order valence-electron chi connectivity index (χ3n) is 8.13. The molecule has 2 heterocycles. The Kier molecular flexibility index (Phi) is 11.3. The van der Waals surface area contributed by atoms with Gasteiger partial charge in [-0.05, 0) is 59.5 Å². The number of ketones is 1. The molecule has 4 rings (SSSR count). The molecule has 5 N–H and O–H groups in total. The first-order chi connectivity index (χ1) is 22.4. The van der Waals surface area contributed by atoms with Crippen LogP contribution in [0.5, 0.6) is 0 Å². The van der Waals surface area contributed by atoms with Crippen molar-refractivity contribution < 1.29 is 70.0 Å². The first-order valence-electron chi connectivity index (χ1n) is 14.8. The zero-order valence-corrected chi connectivity index (χ0v) is 25.3. The SMILES string of the molecule is C[C@@H](CCCCNC(=O)[C@H](CCC(=O)c1cc2c(c(C(F)(F)F)c1)COB2O)NC(=O)c1cc2c(c(C(F)(F)F)c1)COB2O)C(=O)O. The van der Waals surface area contributed by atoms with Gasteiger partial charge in [0.2, 0.25) is 5.91 Å². The number of carbonyl (C=O) groups excluding carboxylic acids is 3. The fraction of sp³-hybridized carbons (Fsp3) is 0.448. The van der Waals surface area contributed by atoms with Crippen LogP contribution in [-0.2, 0) is 44.5 Å². The van der Waals surface area contributed by atoms with Gasteiger partial charge in [-0.2, -0.15) is 26.3 Å². The van der Waals surface area contributed by atoms with Crippen molar-refractivity contribution in [1.29, 1.82) is 0 Å². The lowest BCUT2D eigenvalue weighted by molar-refractivity contribution is -0.141. The number of carbonyl (C=O) groups is 4. The van der Waals surface area contributed by atoms with Gasteiger partial charge in [0.1, 0.15) is 6.04 Å². The molecule has 0 unspecified atom stereocenters. The van der Waals surface area contributed by atoms with Crippen LogP contribution in [0.25, 0.3) is 0 Å². The van der Waals surface area contributed by atoms with Crippen LogP contribution in [0.1, 0.15) is 82.0 Å². The Hall–Kier alpha value is -3.93. The highest BCUT2D eigenvalue weighted by Gasteiger charge is 2.42. The second-order valence-corrected chi connectivity index (χ2v) is 11.5. The summed E-state index contributed by atoms with van der Waals surface area (Å²) in [4.78, 5) is 50.5. The van der Waals surface area contributed by atoms with Gasteiger partial charge in [0, 0.05) is 24.1 Å². The summed E-state index contributed by atoms with van der Waals surface area (Å²) in [5.41, 5.74) is -4.73. The van der Waals surface area contributed by atoms with E-state index in [-0.39, 0.29) is 28.6 Å². The number of carboxylic acids is 1. The lowest BCUT2D eigenvalue weighted by Crippen LogP contribution is -2.47. The van der Waals surface area contributed by atoms with Crippen LogP contribution in [-0.4, -0.2) is 65.5 Å². The van der Waals surface area contributed by atoms with Gasteiger partial charge in [-0.25, -0.2) is 0 Å². The Morgan fingerprint density at radius 2 is 1.35 bits per heavy atom. The van der Waals surface area contributed by atoms with E-state index in [0.717, 1.165) is 12.1 Å². The standard InChI is InChI=1S/C29H30B2F6N2O9/c1-14(27(43)44)4-2-3-7-38-26(42)23(39-25(41)16-9-20(29(35,36)37)18-13-48-31(46)22(18)11-16)5-6-24(40)15-8-19(28(32,33)34)17-12-47-30(45)21(17)10-15/h8-11,14,23,45-46H,2-7,12-13H2,1H3,(H,38,42)(H,39,41)(H,43,44)/t14-,23-/m0/s1. The fourth-order valence-corrected chi connectivity index (χ4v) is 5.42. The van der Waals surface area contributed by atoms with Gasteiger partial charge in [-0.3, -0.25) is 19.2 Å². The molecule has 258 valence electrons. The Bertz CT molecular complexity index is 1590. The molecule has 0 spiro atoms. The Morgan fingerprint density at radius 3 is 1.88 bits per heavy atom. The monoisotopic (exact) mass is 686 g/mol. The summed E-state index contributed by atoms with van der Waals surface area (Å²) in [6, 6.07) is 1.56. The van der Waals surface area contributed by atoms with Crippen molar-refractivity contribution in [2.45, 2.75) is 70.6 Å². The number of benzene rings is 2. The van der Waals surface area contributed by atoms with Crippen molar-refractivity contribution in [1.82, 2.24) is 10.6 Å². The highest BCUT2D eigenvalue weighted by molar-refractivity contribution is 6.62. The highest BCUT2D eigenvalue weighted by atomic mass is 19.4. The molecule has 2 aliphatic heterocycles. The number of unbranched alkanes of at least 4 members (excludes halogenated alkanes) is 1. The highest BCUT2D eigenvalue weighted by Crippen LogP contribution is 2.35. The maximum atomic E-state index is 13.8. The molecule has 2 aliphatic rings. The van der Waals surface area contributed by atoms with E-state index in [4.69, 9.17) is 14.4 Å². The van der Waals surface area contributed by atoms with Gasteiger partial charge in [0.15, 0.2) is 5.78 Å². The summed E-state index contributed by atoms with van der Waals surface area (Å²) >= 11 is 0. The van der Waals surface area contributed by atoms with Crippen LogP contribution >= 0.6 is 0 Å². The van der Waals surface area contributed by atoms with E-state index >= 15 is 0 Å². The average molecular weight is 686 g/mol. The third-order valence-corrected chi connectivity index (χ3v) is 8.13. The summed E-state index contributed by atoms with van der Waals surface area (Å²) in [5.74, 6) is -4.58. The van der Waals surface area contributed by atoms with Crippen LogP contribution < -0.4 is 21.6 Å². The maximum Gasteiger partial charge on any atom is 0.491 e. The molecule has 48 heavy (non-hydrogen) atoms. The number of hydrogen-bond acceptors (Lipinski definition) is 8. The summed E-state index contributed by atoms with van der Waals surface area (Å²) in [6.07, 6.45) is -9.90. The van der Waals surface area contributed by atoms with E-state index in [9.17, 15) is 55.6 Å². The summed E-state index contributed by atoms with van der Waals surface area (Å²) in [5, 5.41) is 33.8. The predicted molar refractivity (Wildman–Crippen MR) is 156 cm³/mol. The quantitative estimate of drug-likeness (QED) is 0.0915. The van der Waals surface area contributed by atoms with E-state index in [1.54, 1.807) is 0 Å². The van der Waals surface area contributed by atoms with Crippen molar-refractivity contribution >= 4 is 48.7 Å². The number of hydrogen-bond donors (Lipinski definition) is 5. The number of rotatable bonds is 13. The molecule has 2 aromatic rings. The second kappa shape index (κ2) is 14.7. The number of carboxylic acid groups (broad SMARTS) is 1. The van der Waals surface area contributed by atoms with Crippen molar-refractivity contribution in [2.24, 2.45) is 5.92 Å². The summed E-state index contributed by atoms with van der Waals surface area (Å²) in [6.45, 7) is 0.409. The van der Waals surface area contributed by atoms with Crippen LogP contribution in [0.2, 0.25) is 0 Å². The van der Waals surface area contributed by atoms with E-state index in [2.05, 4.69) is 10.6 Å². The van der Waals surface area contributed by atoms with Gasteiger partial charge in [-0.1, -0.05) is 19.4 Å². The third kappa shape index (κ3) is 8.56. The molecule has 0 saturated heterocycles. The van der Waals surface area contributed by atoms with Crippen LogP contribution in [0.15, 0.2) is 24.3 Å². The second-order valence-electron chi connectivity index (χ2n) is 11.5. The minimum atomic E-state index is -4.93. The first kappa shape index (κ1) is 36.9.